The molecule has 1 aromatic carbocycles. The Hall–Kier alpha value is -0.390. The first-order valence-electron chi connectivity index (χ1n) is 8.32. The van der Waals surface area contributed by atoms with Gasteiger partial charge in [0.1, 0.15) is 5.75 Å². The van der Waals surface area contributed by atoms with E-state index in [4.69, 9.17) is 4.74 Å². The molecule has 122 valence electrons. The summed E-state index contributed by atoms with van der Waals surface area (Å²) in [5, 5.41) is 0. The van der Waals surface area contributed by atoms with E-state index in [-0.39, 0.29) is 22.1 Å². The number of benzene rings is 1. The molecule has 3 nitrogen and oxygen atoms in total. The predicted molar refractivity (Wildman–Crippen MR) is 95.5 cm³/mol. The van der Waals surface area contributed by atoms with E-state index in [1.165, 1.54) is 15.6 Å². The van der Waals surface area contributed by atoms with Gasteiger partial charge in [0.25, 0.3) is 0 Å². The molecule has 0 radical (unpaired) electrons. The van der Waals surface area contributed by atoms with Gasteiger partial charge in [0.2, 0.25) is 0 Å². The lowest BCUT2D eigenvalue weighted by Crippen LogP contribution is -2.67. The molecule has 0 amide bonds. The summed E-state index contributed by atoms with van der Waals surface area (Å²) in [4.78, 5) is 15.4. The number of piperidine rings is 1. The number of ketones is 1. The van der Waals surface area contributed by atoms with Crippen molar-refractivity contribution in [3.05, 3.63) is 27.2 Å². The Morgan fingerprint density at radius 1 is 1.43 bits per heavy atom. The van der Waals surface area contributed by atoms with Crippen LogP contribution in [0.2, 0.25) is 0 Å². The second-order valence-corrected chi connectivity index (χ2v) is 9.57. The first-order valence-corrected chi connectivity index (χ1v) is 10.0. The van der Waals surface area contributed by atoms with E-state index in [1.54, 1.807) is 0 Å². The third-order valence-electron chi connectivity index (χ3n) is 6.70. The van der Waals surface area contributed by atoms with Gasteiger partial charge in [0, 0.05) is 21.5 Å². The van der Waals surface area contributed by atoms with Gasteiger partial charge >= 0.3 is 0 Å². The average molecular weight is 441 g/mol. The van der Waals surface area contributed by atoms with Crippen LogP contribution < -0.4 is 4.74 Å². The molecule has 2 aliphatic carbocycles. The molecule has 5 heteroatoms. The minimum atomic E-state index is -0.302. The van der Waals surface area contributed by atoms with E-state index in [1.807, 2.05) is 0 Å². The number of hydrogen-bond donors (Lipinski definition) is 0. The van der Waals surface area contributed by atoms with Crippen LogP contribution in [0.25, 0.3) is 0 Å². The maximum atomic E-state index is 12.9. The standard InChI is InChI=1S/C18H19Br2NO2/c1-8-5-11(19)9-6-13-10-7-12(20)15(22)17-18(10,3-4-21(13)2)14(9)16(8)23-17/h5,10,12-13,17H,3-4,6-7H2,1-2H3/t10?,12?,13?,17-,18-/m1/s1. The second-order valence-electron chi connectivity index (χ2n) is 7.61. The number of carbonyl (C=O) groups excluding carboxylic acids is 1. The van der Waals surface area contributed by atoms with E-state index in [0.717, 1.165) is 37.1 Å². The van der Waals surface area contributed by atoms with Crippen LogP contribution in [0.1, 0.15) is 29.5 Å². The zero-order chi connectivity index (χ0) is 16.1. The molecule has 2 heterocycles. The van der Waals surface area contributed by atoms with Crippen molar-refractivity contribution in [1.29, 1.82) is 0 Å². The number of rotatable bonds is 0. The Labute approximate surface area is 153 Å². The lowest BCUT2D eigenvalue weighted by Gasteiger charge is -2.57. The molecule has 3 unspecified atom stereocenters. The van der Waals surface area contributed by atoms with Crippen molar-refractivity contribution in [3.63, 3.8) is 0 Å². The van der Waals surface area contributed by atoms with Crippen molar-refractivity contribution in [2.24, 2.45) is 5.92 Å². The highest BCUT2D eigenvalue weighted by atomic mass is 79.9. The summed E-state index contributed by atoms with van der Waals surface area (Å²) in [6.07, 6.45) is 2.70. The number of carbonyl (C=O) groups is 1. The van der Waals surface area contributed by atoms with E-state index in [0.29, 0.717) is 12.0 Å². The Bertz CT molecular complexity index is 749. The number of hydrogen-bond acceptors (Lipinski definition) is 3. The summed E-state index contributed by atoms with van der Waals surface area (Å²) in [6.45, 7) is 3.15. The Balaban J connectivity index is 1.84. The number of likely N-dealkylation sites (tertiary alicyclic amines) is 1. The van der Waals surface area contributed by atoms with Crippen molar-refractivity contribution in [3.8, 4) is 5.75 Å². The fraction of sp³-hybridized carbons (Fsp3) is 0.611. The van der Waals surface area contributed by atoms with Gasteiger partial charge in [0.05, 0.1) is 4.83 Å². The fourth-order valence-corrected chi connectivity index (χ4v) is 7.03. The van der Waals surface area contributed by atoms with Crippen LogP contribution in [0, 0.1) is 12.8 Å². The summed E-state index contributed by atoms with van der Waals surface area (Å²) in [5.41, 5.74) is 3.78. The average Bonchev–Trinajstić information content (AvgIpc) is 2.85. The smallest absolute Gasteiger partial charge is 0.187 e. The van der Waals surface area contributed by atoms with Gasteiger partial charge in [-0.3, -0.25) is 4.79 Å². The molecule has 5 atom stereocenters. The first-order chi connectivity index (χ1) is 10.9. The molecule has 4 aliphatic rings. The summed E-state index contributed by atoms with van der Waals surface area (Å²) in [5.74, 6) is 1.73. The van der Waals surface area contributed by atoms with Gasteiger partial charge in [-0.1, -0.05) is 31.9 Å². The number of aryl methyl sites for hydroxylation is 1. The van der Waals surface area contributed by atoms with Crippen LogP contribution in [0.5, 0.6) is 5.75 Å². The second kappa shape index (κ2) is 4.61. The molecule has 1 aromatic rings. The maximum Gasteiger partial charge on any atom is 0.187 e. The normalized spacial score (nSPS) is 40.8. The number of ether oxygens (including phenoxy) is 1. The Kier molecular flexibility index (Phi) is 2.99. The van der Waals surface area contributed by atoms with Crippen molar-refractivity contribution in [1.82, 2.24) is 4.90 Å². The van der Waals surface area contributed by atoms with E-state index in [2.05, 4.69) is 56.8 Å². The minimum absolute atomic E-state index is 0.0702. The van der Waals surface area contributed by atoms with Crippen molar-refractivity contribution in [2.45, 2.75) is 48.6 Å². The van der Waals surface area contributed by atoms with Crippen LogP contribution in [-0.4, -0.2) is 41.2 Å². The lowest BCUT2D eigenvalue weighted by atomic mass is 9.51. The summed E-state index contributed by atoms with van der Waals surface area (Å²) < 4.78 is 7.55. The lowest BCUT2D eigenvalue weighted by molar-refractivity contribution is -0.137. The topological polar surface area (TPSA) is 29.5 Å². The molecule has 0 N–H and O–H groups in total. The van der Waals surface area contributed by atoms with E-state index in [9.17, 15) is 4.79 Å². The summed E-state index contributed by atoms with van der Waals surface area (Å²) in [7, 11) is 2.23. The van der Waals surface area contributed by atoms with Crippen LogP contribution in [0.15, 0.2) is 10.5 Å². The monoisotopic (exact) mass is 439 g/mol. The molecular formula is C18H19Br2NO2. The van der Waals surface area contributed by atoms with Crippen LogP contribution in [0.4, 0.5) is 0 Å². The summed E-state index contributed by atoms with van der Waals surface area (Å²) in [6, 6.07) is 2.66. The van der Waals surface area contributed by atoms with Crippen molar-refractivity contribution in [2.75, 3.05) is 13.6 Å². The van der Waals surface area contributed by atoms with E-state index < -0.39 is 0 Å². The number of nitrogens with zero attached hydrogens (tertiary/aromatic N) is 1. The highest BCUT2D eigenvalue weighted by Crippen LogP contribution is 2.63. The third-order valence-corrected chi connectivity index (χ3v) is 8.23. The number of alkyl halides is 1. The van der Waals surface area contributed by atoms with Gasteiger partial charge in [-0.2, -0.15) is 0 Å². The zero-order valence-corrected chi connectivity index (χ0v) is 16.4. The largest absolute Gasteiger partial charge is 0.481 e. The maximum absolute atomic E-state index is 12.9. The van der Waals surface area contributed by atoms with Gasteiger partial charge in [0.15, 0.2) is 11.9 Å². The zero-order valence-electron chi connectivity index (χ0n) is 13.2. The minimum Gasteiger partial charge on any atom is -0.481 e. The summed E-state index contributed by atoms with van der Waals surface area (Å²) >= 11 is 7.42. The number of Topliss-reactive ketones (excluding diaryl/α,β-unsaturated/α-hetero) is 1. The molecule has 2 fully saturated rings. The van der Waals surface area contributed by atoms with Crippen molar-refractivity contribution >= 4 is 37.6 Å². The fourth-order valence-electron chi connectivity index (χ4n) is 5.68. The van der Waals surface area contributed by atoms with E-state index >= 15 is 0 Å². The van der Waals surface area contributed by atoms with Gasteiger partial charge < -0.3 is 9.64 Å². The molecule has 0 aromatic heterocycles. The van der Waals surface area contributed by atoms with Crippen LogP contribution in [-0.2, 0) is 16.6 Å². The molecule has 2 aliphatic heterocycles. The number of likely N-dealkylation sites (N-methyl/N-ethyl adjacent to an activating group) is 1. The SMILES string of the molecule is Cc1cc(Br)c2c3c1O[C@@H]1C(=O)C(Br)CC4C(C2)N(C)CC[C@]341. The highest BCUT2D eigenvalue weighted by molar-refractivity contribution is 9.10. The molecular weight excluding hydrogens is 422 g/mol. The van der Waals surface area contributed by atoms with Gasteiger partial charge in [-0.15, -0.1) is 0 Å². The van der Waals surface area contributed by atoms with Crippen molar-refractivity contribution < 1.29 is 9.53 Å². The molecule has 2 bridgehead atoms. The Morgan fingerprint density at radius 3 is 3.00 bits per heavy atom. The first kappa shape index (κ1) is 14.9. The van der Waals surface area contributed by atoms with Gasteiger partial charge in [-0.05, 0) is 62.9 Å². The number of halogens is 2. The molecule has 1 saturated heterocycles. The van der Waals surface area contributed by atoms with Crippen LogP contribution in [0.3, 0.4) is 0 Å². The Morgan fingerprint density at radius 2 is 2.22 bits per heavy atom. The third kappa shape index (κ3) is 1.62. The molecule has 1 spiro atoms. The quantitative estimate of drug-likeness (QED) is 0.579. The highest BCUT2D eigenvalue weighted by Gasteiger charge is 2.67. The molecule has 1 saturated carbocycles. The molecule has 5 rings (SSSR count). The molecule has 23 heavy (non-hydrogen) atoms. The van der Waals surface area contributed by atoms with Crippen LogP contribution >= 0.6 is 31.9 Å². The predicted octanol–water partition coefficient (Wildman–Crippen LogP) is 3.37. The van der Waals surface area contributed by atoms with Gasteiger partial charge in [-0.25, -0.2) is 0 Å².